The van der Waals surface area contributed by atoms with E-state index in [1.165, 1.54) is 18.0 Å². The molecule has 0 amide bonds. The van der Waals surface area contributed by atoms with E-state index >= 15 is 0 Å². The Hall–Kier alpha value is -3.63. The van der Waals surface area contributed by atoms with Gasteiger partial charge in [0, 0.05) is 44.9 Å². The minimum atomic E-state index is -4.89. The number of alkyl halides is 9. The predicted molar refractivity (Wildman–Crippen MR) is 119 cm³/mol. The van der Waals surface area contributed by atoms with Gasteiger partial charge in [0.05, 0.1) is 0 Å². The van der Waals surface area contributed by atoms with Crippen molar-refractivity contribution in [1.29, 1.82) is 0 Å². The van der Waals surface area contributed by atoms with E-state index in [2.05, 4.69) is 25.3 Å². The van der Waals surface area contributed by atoms with Crippen LogP contribution in [0.3, 0.4) is 0 Å². The summed E-state index contributed by atoms with van der Waals surface area (Å²) in [7, 11) is 1.21. The summed E-state index contributed by atoms with van der Waals surface area (Å²) < 4.78 is 119. The molecule has 2 N–H and O–H groups in total. The van der Waals surface area contributed by atoms with E-state index in [1.54, 1.807) is 0 Å². The summed E-state index contributed by atoms with van der Waals surface area (Å²) in [6, 6.07) is 0.907. The molecule has 0 saturated carbocycles. The Bertz CT molecular complexity index is 1270. The van der Waals surface area contributed by atoms with E-state index in [9.17, 15) is 44.6 Å². The molecular weight excluding hydrogens is 549 g/mol. The van der Waals surface area contributed by atoms with Gasteiger partial charge in [0.1, 0.15) is 17.4 Å². The molecule has 2 aliphatic rings. The number of piperidine rings is 1. The number of aromatic nitrogens is 4. The first-order chi connectivity index (χ1) is 18.0. The van der Waals surface area contributed by atoms with E-state index in [1.807, 2.05) is 0 Å². The Morgan fingerprint density at radius 1 is 0.949 bits per heavy atom. The Morgan fingerprint density at radius 2 is 1.62 bits per heavy atom. The maximum absolute atomic E-state index is 13.4. The zero-order valence-electron chi connectivity index (χ0n) is 19.9. The van der Waals surface area contributed by atoms with Crippen LogP contribution in [0.15, 0.2) is 42.2 Å². The minimum Gasteiger partial charge on any atom is -0.380 e. The molecule has 1 fully saturated rings. The summed E-state index contributed by atoms with van der Waals surface area (Å²) in [5, 5.41) is 12.5. The number of nitrogens with one attached hydrogen (secondary N) is 1. The van der Waals surface area contributed by atoms with E-state index in [4.69, 9.17) is 0 Å². The fraction of sp³-hybridized carbons (Fsp3) is 0.455. The van der Waals surface area contributed by atoms with Gasteiger partial charge in [-0.2, -0.15) is 54.5 Å². The van der Waals surface area contributed by atoms with E-state index < -0.39 is 54.5 Å². The Kier molecular flexibility index (Phi) is 7.16. The molecule has 212 valence electrons. The molecule has 2 aliphatic heterocycles. The molecule has 1 saturated heterocycles. The molecular formula is C22H20F9N7O. The number of aliphatic hydroxyl groups is 1. The molecule has 4 rings (SSSR count). The number of hydrogen-bond acceptors (Lipinski definition) is 8. The number of hydrogen-bond donors (Lipinski definition) is 2. The molecule has 2 aromatic rings. The fourth-order valence-electron chi connectivity index (χ4n) is 3.93. The highest BCUT2D eigenvalue weighted by molar-refractivity contribution is 5.56. The Balaban J connectivity index is 1.71. The van der Waals surface area contributed by atoms with E-state index in [-0.39, 0.29) is 36.4 Å². The van der Waals surface area contributed by atoms with Gasteiger partial charge in [0.15, 0.2) is 11.4 Å². The molecule has 2 aromatic heterocycles. The smallest absolute Gasteiger partial charge is 0.380 e. The third-order valence-corrected chi connectivity index (χ3v) is 6.15. The minimum absolute atomic E-state index is 0.0967. The van der Waals surface area contributed by atoms with Gasteiger partial charge < -0.3 is 20.2 Å². The molecule has 0 radical (unpaired) electrons. The fourth-order valence-corrected chi connectivity index (χ4v) is 3.93. The molecule has 0 aromatic carbocycles. The van der Waals surface area contributed by atoms with Crippen molar-refractivity contribution in [2.45, 2.75) is 43.0 Å². The van der Waals surface area contributed by atoms with Crippen molar-refractivity contribution >= 4 is 11.9 Å². The Morgan fingerprint density at radius 3 is 2.21 bits per heavy atom. The van der Waals surface area contributed by atoms with Crippen molar-refractivity contribution in [3.8, 4) is 11.5 Å². The quantitative estimate of drug-likeness (QED) is 0.520. The van der Waals surface area contributed by atoms with Gasteiger partial charge in [-0.1, -0.05) is 6.07 Å². The molecule has 0 aliphatic carbocycles. The second-order valence-corrected chi connectivity index (χ2v) is 8.92. The number of rotatable bonds is 4. The summed E-state index contributed by atoms with van der Waals surface area (Å²) in [6.45, 7) is -0.753. The van der Waals surface area contributed by atoms with Crippen molar-refractivity contribution in [2.75, 3.05) is 30.4 Å². The van der Waals surface area contributed by atoms with Crippen LogP contribution < -0.4 is 10.2 Å². The highest BCUT2D eigenvalue weighted by Crippen LogP contribution is 2.39. The molecule has 1 unspecified atom stereocenters. The largest absolute Gasteiger partial charge is 0.433 e. The van der Waals surface area contributed by atoms with Gasteiger partial charge in [-0.25, -0.2) is 4.98 Å². The first kappa shape index (κ1) is 28.4. The zero-order valence-corrected chi connectivity index (χ0v) is 19.9. The molecule has 0 bridgehead atoms. The average Bonchev–Trinajstić information content (AvgIpc) is 2.84. The van der Waals surface area contributed by atoms with Crippen LogP contribution in [0.4, 0.5) is 51.4 Å². The van der Waals surface area contributed by atoms with Crippen molar-refractivity contribution in [2.24, 2.45) is 0 Å². The lowest BCUT2D eigenvalue weighted by atomic mass is 9.91. The third-order valence-electron chi connectivity index (χ3n) is 6.15. The average molecular weight is 569 g/mol. The van der Waals surface area contributed by atoms with Crippen LogP contribution >= 0.6 is 0 Å². The van der Waals surface area contributed by atoms with Crippen LogP contribution in [0.5, 0.6) is 0 Å². The molecule has 8 nitrogen and oxygen atoms in total. The first-order valence-corrected chi connectivity index (χ1v) is 11.3. The Labute approximate surface area is 214 Å². The molecule has 0 spiro atoms. The van der Waals surface area contributed by atoms with Crippen LogP contribution in [0.25, 0.3) is 11.5 Å². The molecule has 17 heteroatoms. The van der Waals surface area contributed by atoms with Crippen LogP contribution in [-0.2, 0) is 6.18 Å². The lowest BCUT2D eigenvalue weighted by Crippen LogP contribution is -2.53. The number of nitrogens with zero attached hydrogens (tertiary/aromatic N) is 6. The maximum atomic E-state index is 13.4. The van der Waals surface area contributed by atoms with Crippen LogP contribution in [0.2, 0.25) is 0 Å². The van der Waals surface area contributed by atoms with E-state index in [0.29, 0.717) is 6.07 Å². The normalized spacial score (nSPS) is 20.2. The van der Waals surface area contributed by atoms with Gasteiger partial charge in [-0.15, -0.1) is 0 Å². The summed E-state index contributed by atoms with van der Waals surface area (Å²) in [5.74, 6) is -1.06. The molecule has 1 atom stereocenters. The van der Waals surface area contributed by atoms with Gasteiger partial charge in [-0.05, 0) is 24.3 Å². The van der Waals surface area contributed by atoms with Crippen LogP contribution in [0.1, 0.15) is 18.5 Å². The standard InChI is InChI=1S/C22H20F9N7O/c1-37-8-5-12(11-15(37)21(26,27)28)32-17-34-16(13-3-2-4-14(33-13)20(23,24)25)35-18(36-17)38-9-6-19(39,7-10-38)22(29,30)31/h2-5,8,11,15,39H,6-7,9-10H2,1H3,(H,32,34,35,36). The lowest BCUT2D eigenvalue weighted by molar-refractivity contribution is -0.266. The second-order valence-electron chi connectivity index (χ2n) is 8.92. The third kappa shape index (κ3) is 6.17. The highest BCUT2D eigenvalue weighted by atomic mass is 19.4. The molecule has 4 heterocycles. The van der Waals surface area contributed by atoms with Crippen molar-refractivity contribution < 1.29 is 44.6 Å². The first-order valence-electron chi connectivity index (χ1n) is 11.3. The molecule has 39 heavy (non-hydrogen) atoms. The van der Waals surface area contributed by atoms with Crippen molar-refractivity contribution in [3.63, 3.8) is 0 Å². The summed E-state index contributed by atoms with van der Waals surface area (Å²) >= 11 is 0. The predicted octanol–water partition coefficient (Wildman–Crippen LogP) is 4.53. The number of anilines is 2. The summed E-state index contributed by atoms with van der Waals surface area (Å²) in [6.07, 6.45) is -12.6. The summed E-state index contributed by atoms with van der Waals surface area (Å²) in [4.78, 5) is 17.8. The topological polar surface area (TPSA) is 90.3 Å². The zero-order chi connectivity index (χ0) is 28.8. The van der Waals surface area contributed by atoms with Gasteiger partial charge in [-0.3, -0.25) is 0 Å². The lowest BCUT2D eigenvalue weighted by Gasteiger charge is -2.39. The second kappa shape index (κ2) is 9.84. The maximum Gasteiger partial charge on any atom is 0.433 e. The number of likely N-dealkylation sites (N-methyl/N-ethyl adjacent to an activating group) is 1. The number of allylic oxidation sites excluding steroid dienone is 1. The van der Waals surface area contributed by atoms with Crippen LogP contribution in [-0.4, -0.2) is 74.1 Å². The summed E-state index contributed by atoms with van der Waals surface area (Å²) in [5.41, 5.74) is -4.67. The van der Waals surface area contributed by atoms with Crippen LogP contribution in [0, 0.1) is 0 Å². The van der Waals surface area contributed by atoms with E-state index in [0.717, 1.165) is 29.3 Å². The highest BCUT2D eigenvalue weighted by Gasteiger charge is 2.54. The SMILES string of the molecule is CN1C=CC(Nc2nc(-c3cccc(C(F)(F)F)n3)nc(N3CCC(O)(C(F)(F)F)CC3)n2)=CC1C(F)(F)F. The van der Waals surface area contributed by atoms with Gasteiger partial charge >= 0.3 is 18.5 Å². The van der Waals surface area contributed by atoms with Gasteiger partial charge in [0.2, 0.25) is 11.9 Å². The monoisotopic (exact) mass is 569 g/mol. The van der Waals surface area contributed by atoms with Crippen molar-refractivity contribution in [3.05, 3.63) is 47.9 Å². The van der Waals surface area contributed by atoms with Gasteiger partial charge in [0.25, 0.3) is 0 Å². The van der Waals surface area contributed by atoms with Crippen molar-refractivity contribution in [1.82, 2.24) is 24.8 Å². The number of pyridine rings is 1. The number of halogens is 9.